The van der Waals surface area contributed by atoms with Crippen LogP contribution in [-0.4, -0.2) is 20.8 Å². The van der Waals surface area contributed by atoms with Crippen molar-refractivity contribution in [1.29, 1.82) is 0 Å². The zero-order valence-corrected chi connectivity index (χ0v) is 9.50. The van der Waals surface area contributed by atoms with Crippen LogP contribution < -0.4 is 15.2 Å². The topological polar surface area (TPSA) is 44.5 Å². The zero-order valence-electron chi connectivity index (χ0n) is 9.50. The van der Waals surface area contributed by atoms with E-state index in [9.17, 15) is 4.39 Å². The molecule has 1 aliphatic carbocycles. The molecule has 1 saturated carbocycles. The Kier molecular flexibility index (Phi) is 3.01. The van der Waals surface area contributed by atoms with Crippen molar-refractivity contribution in [3.05, 3.63) is 23.5 Å². The first-order chi connectivity index (χ1) is 7.72. The van der Waals surface area contributed by atoms with Gasteiger partial charge in [-0.25, -0.2) is 4.39 Å². The molecule has 88 valence electrons. The molecular weight excluding hydrogens is 209 g/mol. The average molecular weight is 225 g/mol. The SMILES string of the molecule is COc1ccc(F)c(OC)c1[C@@H]1C[C@H]1CN. The number of rotatable bonds is 4. The molecule has 16 heavy (non-hydrogen) atoms. The van der Waals surface area contributed by atoms with E-state index < -0.39 is 0 Å². The fourth-order valence-electron chi connectivity index (χ4n) is 2.15. The molecule has 0 radical (unpaired) electrons. The lowest BCUT2D eigenvalue weighted by atomic mass is 10.1. The highest BCUT2D eigenvalue weighted by atomic mass is 19.1. The molecule has 0 bridgehead atoms. The Morgan fingerprint density at radius 1 is 1.38 bits per heavy atom. The molecule has 0 aliphatic heterocycles. The number of hydrogen-bond donors (Lipinski definition) is 1. The van der Waals surface area contributed by atoms with Crippen LogP contribution in [-0.2, 0) is 0 Å². The van der Waals surface area contributed by atoms with Crippen LogP contribution >= 0.6 is 0 Å². The van der Waals surface area contributed by atoms with E-state index >= 15 is 0 Å². The van der Waals surface area contributed by atoms with Gasteiger partial charge in [0.05, 0.1) is 14.2 Å². The second kappa shape index (κ2) is 4.29. The molecule has 1 aromatic rings. The van der Waals surface area contributed by atoms with E-state index in [-0.39, 0.29) is 11.7 Å². The van der Waals surface area contributed by atoms with Gasteiger partial charge in [-0.05, 0) is 36.9 Å². The predicted molar refractivity (Wildman–Crippen MR) is 59.4 cm³/mol. The molecule has 1 aromatic carbocycles. The summed E-state index contributed by atoms with van der Waals surface area (Å²) in [5.41, 5.74) is 6.43. The average Bonchev–Trinajstić information content (AvgIpc) is 3.07. The third-order valence-corrected chi connectivity index (χ3v) is 3.13. The van der Waals surface area contributed by atoms with Crippen molar-refractivity contribution in [2.75, 3.05) is 20.8 Å². The quantitative estimate of drug-likeness (QED) is 0.851. The Morgan fingerprint density at radius 2 is 2.12 bits per heavy atom. The zero-order chi connectivity index (χ0) is 11.7. The summed E-state index contributed by atoms with van der Waals surface area (Å²) in [5.74, 6) is 1.32. The lowest BCUT2D eigenvalue weighted by molar-refractivity contribution is 0.365. The van der Waals surface area contributed by atoms with Crippen molar-refractivity contribution in [3.63, 3.8) is 0 Å². The Labute approximate surface area is 94.3 Å². The molecule has 1 aliphatic rings. The number of methoxy groups -OCH3 is 2. The van der Waals surface area contributed by atoms with Crippen molar-refractivity contribution in [1.82, 2.24) is 0 Å². The van der Waals surface area contributed by atoms with Gasteiger partial charge < -0.3 is 15.2 Å². The monoisotopic (exact) mass is 225 g/mol. The first kappa shape index (κ1) is 11.2. The van der Waals surface area contributed by atoms with Crippen LogP contribution in [0.5, 0.6) is 11.5 Å². The number of nitrogens with two attached hydrogens (primary N) is 1. The highest BCUT2D eigenvalue weighted by Crippen LogP contribution is 2.53. The van der Waals surface area contributed by atoms with E-state index in [0.717, 1.165) is 12.0 Å². The summed E-state index contributed by atoms with van der Waals surface area (Å²) < 4.78 is 23.9. The summed E-state index contributed by atoms with van der Waals surface area (Å²) in [4.78, 5) is 0. The molecule has 0 saturated heterocycles. The van der Waals surface area contributed by atoms with Gasteiger partial charge in [0.2, 0.25) is 0 Å². The number of benzene rings is 1. The van der Waals surface area contributed by atoms with E-state index in [1.807, 2.05) is 0 Å². The van der Waals surface area contributed by atoms with Crippen LogP contribution in [0.25, 0.3) is 0 Å². The second-order valence-corrected chi connectivity index (χ2v) is 4.03. The fourth-order valence-corrected chi connectivity index (χ4v) is 2.15. The normalized spacial score (nSPS) is 23.0. The molecule has 1 fully saturated rings. The van der Waals surface area contributed by atoms with Gasteiger partial charge in [0, 0.05) is 5.56 Å². The first-order valence-corrected chi connectivity index (χ1v) is 5.33. The molecule has 0 aromatic heterocycles. The lowest BCUT2D eigenvalue weighted by Crippen LogP contribution is -2.04. The van der Waals surface area contributed by atoms with E-state index in [0.29, 0.717) is 24.0 Å². The van der Waals surface area contributed by atoms with Gasteiger partial charge in [0.1, 0.15) is 5.75 Å². The number of halogens is 1. The smallest absolute Gasteiger partial charge is 0.165 e. The van der Waals surface area contributed by atoms with Crippen LogP contribution in [0.15, 0.2) is 12.1 Å². The third-order valence-electron chi connectivity index (χ3n) is 3.13. The molecule has 3 nitrogen and oxygen atoms in total. The minimum Gasteiger partial charge on any atom is -0.496 e. The van der Waals surface area contributed by atoms with Crippen LogP contribution in [0, 0.1) is 11.7 Å². The highest BCUT2D eigenvalue weighted by molar-refractivity contribution is 5.50. The highest BCUT2D eigenvalue weighted by Gasteiger charge is 2.41. The van der Waals surface area contributed by atoms with Crippen molar-refractivity contribution in [3.8, 4) is 11.5 Å². The van der Waals surface area contributed by atoms with Crippen LogP contribution in [0.4, 0.5) is 4.39 Å². The molecule has 0 spiro atoms. The Balaban J connectivity index is 2.43. The van der Waals surface area contributed by atoms with Gasteiger partial charge in [-0.1, -0.05) is 0 Å². The maximum absolute atomic E-state index is 13.6. The molecular formula is C12H16FNO2. The summed E-state index contributed by atoms with van der Waals surface area (Å²) >= 11 is 0. The summed E-state index contributed by atoms with van der Waals surface area (Å²) in [5, 5.41) is 0. The lowest BCUT2D eigenvalue weighted by Gasteiger charge is -2.13. The standard InChI is InChI=1S/C12H16FNO2/c1-15-10-4-3-9(13)12(16-2)11(10)8-5-7(8)6-14/h3-4,7-8H,5-6,14H2,1-2H3/t7-,8+/m0/s1. The van der Waals surface area contributed by atoms with E-state index in [4.69, 9.17) is 15.2 Å². The fraction of sp³-hybridized carbons (Fsp3) is 0.500. The molecule has 4 heteroatoms. The van der Waals surface area contributed by atoms with Gasteiger partial charge in [-0.15, -0.1) is 0 Å². The minimum atomic E-state index is -0.346. The molecule has 2 atom stereocenters. The maximum Gasteiger partial charge on any atom is 0.165 e. The molecule has 2 rings (SSSR count). The van der Waals surface area contributed by atoms with Gasteiger partial charge in [0.15, 0.2) is 11.6 Å². The number of hydrogen-bond acceptors (Lipinski definition) is 3. The predicted octanol–water partition coefficient (Wildman–Crippen LogP) is 1.91. The van der Waals surface area contributed by atoms with Gasteiger partial charge in [-0.2, -0.15) is 0 Å². The minimum absolute atomic E-state index is 0.269. The Bertz CT molecular complexity index is 395. The summed E-state index contributed by atoms with van der Waals surface area (Å²) in [7, 11) is 3.05. The second-order valence-electron chi connectivity index (χ2n) is 4.03. The summed E-state index contributed by atoms with van der Waals surface area (Å²) in [6, 6.07) is 3.00. The maximum atomic E-state index is 13.6. The van der Waals surface area contributed by atoms with Crippen LogP contribution in [0.2, 0.25) is 0 Å². The van der Waals surface area contributed by atoms with E-state index in [2.05, 4.69) is 0 Å². The Hall–Kier alpha value is -1.29. The van der Waals surface area contributed by atoms with Gasteiger partial charge >= 0.3 is 0 Å². The third kappa shape index (κ3) is 1.73. The molecule has 0 unspecified atom stereocenters. The number of ether oxygens (including phenoxy) is 2. The molecule has 0 heterocycles. The summed E-state index contributed by atoms with van der Waals surface area (Å²) in [6.07, 6.45) is 0.979. The van der Waals surface area contributed by atoms with E-state index in [1.54, 1.807) is 13.2 Å². The Morgan fingerprint density at radius 3 is 2.62 bits per heavy atom. The van der Waals surface area contributed by atoms with Crippen molar-refractivity contribution in [2.45, 2.75) is 12.3 Å². The van der Waals surface area contributed by atoms with Gasteiger partial charge in [-0.3, -0.25) is 0 Å². The summed E-state index contributed by atoms with van der Waals surface area (Å²) in [6.45, 7) is 0.619. The van der Waals surface area contributed by atoms with Crippen molar-refractivity contribution in [2.24, 2.45) is 11.7 Å². The van der Waals surface area contributed by atoms with Crippen molar-refractivity contribution < 1.29 is 13.9 Å². The van der Waals surface area contributed by atoms with Crippen molar-refractivity contribution >= 4 is 0 Å². The molecule has 2 N–H and O–H groups in total. The largest absolute Gasteiger partial charge is 0.496 e. The van der Waals surface area contributed by atoms with E-state index in [1.165, 1.54) is 13.2 Å². The molecule has 0 amide bonds. The van der Waals surface area contributed by atoms with Gasteiger partial charge in [0.25, 0.3) is 0 Å². The first-order valence-electron chi connectivity index (χ1n) is 5.33. The van der Waals surface area contributed by atoms with Crippen LogP contribution in [0.1, 0.15) is 17.9 Å². The van der Waals surface area contributed by atoms with Crippen LogP contribution in [0.3, 0.4) is 0 Å².